The van der Waals surface area contributed by atoms with Gasteiger partial charge >= 0.3 is 0 Å². The van der Waals surface area contributed by atoms with Crippen LogP contribution < -0.4 is 0 Å². The summed E-state index contributed by atoms with van der Waals surface area (Å²) in [4.78, 5) is 2.29. The summed E-state index contributed by atoms with van der Waals surface area (Å²) >= 11 is 0. The first-order valence-corrected chi connectivity index (χ1v) is 19.0. The largest absolute Gasteiger partial charge is 0.412 e. The quantitative estimate of drug-likeness (QED) is 0.0461. The summed E-state index contributed by atoms with van der Waals surface area (Å²) in [7, 11) is 8.04. The summed E-state index contributed by atoms with van der Waals surface area (Å²) in [6.45, 7) is 6.73. The first-order chi connectivity index (χ1) is 19.8. The second-order valence-corrected chi connectivity index (χ2v) is 14.0. The summed E-state index contributed by atoms with van der Waals surface area (Å²) in [5.74, 6) is 0. The average molecular weight is 620 g/mol. The van der Waals surface area contributed by atoms with Crippen LogP contribution in [-0.4, -0.2) is 67.0 Å². The summed E-state index contributed by atoms with van der Waals surface area (Å²) in [5.41, 5.74) is 0. The van der Waals surface area contributed by atoms with Gasteiger partial charge in [-0.05, 0) is 39.9 Å². The Labute approximate surface area is 273 Å². The van der Waals surface area contributed by atoms with Crippen molar-refractivity contribution in [2.45, 2.75) is 206 Å². The molecule has 0 saturated carbocycles. The molecular formula is C38H87N2O3+. The van der Waals surface area contributed by atoms with Crippen LogP contribution in [0, 0.1) is 0 Å². The molecule has 43 heavy (non-hydrogen) atoms. The van der Waals surface area contributed by atoms with Crippen LogP contribution >= 0.6 is 0 Å². The van der Waals surface area contributed by atoms with Gasteiger partial charge in [0.25, 0.3) is 0 Å². The molecule has 0 radical (unpaired) electrons. The Balaban J connectivity index is -0.000000338. The number of nitrogens with zero attached hydrogens (tertiary/aromatic N) is 2. The van der Waals surface area contributed by atoms with E-state index in [2.05, 4.69) is 32.8 Å². The molecule has 5 heteroatoms. The predicted molar refractivity (Wildman–Crippen MR) is 194 cm³/mol. The van der Waals surface area contributed by atoms with Crippen LogP contribution in [0.4, 0.5) is 0 Å². The van der Waals surface area contributed by atoms with Gasteiger partial charge in [-0.25, -0.2) is 5.21 Å². The van der Waals surface area contributed by atoms with E-state index in [0.717, 1.165) is 13.0 Å². The average Bonchev–Trinajstić information content (AvgIpc) is 2.92. The first-order valence-electron chi connectivity index (χ1n) is 19.0. The molecule has 0 rings (SSSR count). The van der Waals surface area contributed by atoms with Gasteiger partial charge in [0.05, 0.1) is 14.1 Å². The van der Waals surface area contributed by atoms with Crippen molar-refractivity contribution < 1.29 is 20.8 Å². The van der Waals surface area contributed by atoms with Crippen molar-refractivity contribution in [2.24, 2.45) is 0 Å². The first kappa shape index (κ1) is 49.7. The van der Waals surface area contributed by atoms with Crippen LogP contribution in [0.25, 0.3) is 0 Å². The molecule has 0 heterocycles. The van der Waals surface area contributed by atoms with Crippen molar-refractivity contribution in [3.8, 4) is 0 Å². The minimum Gasteiger partial charge on any atom is -0.412 e. The topological polar surface area (TPSA) is 86.5 Å². The van der Waals surface area contributed by atoms with Crippen LogP contribution in [0.2, 0.25) is 0 Å². The van der Waals surface area contributed by atoms with Gasteiger partial charge in [-0.1, -0.05) is 187 Å². The second kappa shape index (κ2) is 41.8. The molecule has 0 fully saturated rings. The van der Waals surface area contributed by atoms with Crippen LogP contribution in [0.3, 0.4) is 0 Å². The summed E-state index contributed by atoms with van der Waals surface area (Å²) in [6, 6.07) is 0. The number of hydrogen-bond acceptors (Lipinski definition) is 2. The molecule has 266 valence electrons. The zero-order valence-corrected chi connectivity index (χ0v) is 31.0. The predicted octanol–water partition coefficient (Wildman–Crippen LogP) is 11.1. The minimum atomic E-state index is 0. The Morgan fingerprint density at radius 2 is 0.581 bits per heavy atom. The molecule has 0 atom stereocenters. The van der Waals surface area contributed by atoms with E-state index < -0.39 is 0 Å². The molecular weight excluding hydrogens is 532 g/mol. The van der Waals surface area contributed by atoms with Crippen LogP contribution in [0.15, 0.2) is 0 Å². The van der Waals surface area contributed by atoms with Crippen molar-refractivity contribution in [2.75, 3.05) is 41.3 Å². The molecule has 0 saturated heterocycles. The monoisotopic (exact) mass is 620 g/mol. The standard InChI is InChI=1S/C19H42NO.C19H41N.2H2O/c1-4-5-6-7-8-9-10-11-12-13-14-15-16-17-18-19-20(2,3)21;1-4-5-6-7-8-9-10-11-12-13-14-15-16-17-18-19-20(2)3;;/h21H,4-19H2,1-3H3;4-19H2,1-3H3;2*1H2/q+1;;;. The molecule has 5 nitrogen and oxygen atoms in total. The van der Waals surface area contributed by atoms with E-state index in [1.54, 1.807) is 0 Å². The van der Waals surface area contributed by atoms with Crippen molar-refractivity contribution in [1.82, 2.24) is 4.90 Å². The van der Waals surface area contributed by atoms with E-state index >= 15 is 0 Å². The zero-order chi connectivity index (χ0) is 30.7. The molecule has 0 bridgehead atoms. The van der Waals surface area contributed by atoms with Gasteiger partial charge in [0.15, 0.2) is 0 Å². The molecule has 0 amide bonds. The van der Waals surface area contributed by atoms with Crippen molar-refractivity contribution in [3.05, 3.63) is 0 Å². The number of hydrogen-bond donors (Lipinski definition) is 1. The van der Waals surface area contributed by atoms with E-state index in [1.165, 1.54) is 193 Å². The highest BCUT2D eigenvalue weighted by molar-refractivity contribution is 4.51. The van der Waals surface area contributed by atoms with Crippen LogP contribution in [0.5, 0.6) is 0 Å². The van der Waals surface area contributed by atoms with Crippen molar-refractivity contribution in [3.63, 3.8) is 0 Å². The van der Waals surface area contributed by atoms with Gasteiger partial charge in [-0.2, -0.15) is 4.65 Å². The molecule has 0 unspecified atom stereocenters. The third-order valence-corrected chi connectivity index (χ3v) is 8.52. The molecule has 0 aliphatic heterocycles. The number of quaternary nitrogens is 1. The highest BCUT2D eigenvalue weighted by Gasteiger charge is 2.08. The molecule has 0 aromatic heterocycles. The fourth-order valence-electron chi connectivity index (χ4n) is 5.67. The summed E-state index contributed by atoms with van der Waals surface area (Å²) in [5, 5.41) is 9.56. The third-order valence-electron chi connectivity index (χ3n) is 8.52. The van der Waals surface area contributed by atoms with E-state index in [-0.39, 0.29) is 15.6 Å². The molecule has 0 aromatic carbocycles. The summed E-state index contributed by atoms with van der Waals surface area (Å²) in [6.07, 6.45) is 42.8. The van der Waals surface area contributed by atoms with E-state index in [0.29, 0.717) is 0 Å². The molecule has 0 aliphatic carbocycles. The van der Waals surface area contributed by atoms with Gasteiger partial charge in [0, 0.05) is 0 Å². The normalized spacial score (nSPS) is 11.2. The molecule has 0 aromatic rings. The number of unbranched alkanes of at least 4 members (excludes halogenated alkanes) is 28. The van der Waals surface area contributed by atoms with Gasteiger partial charge in [-0.15, -0.1) is 0 Å². The van der Waals surface area contributed by atoms with Gasteiger partial charge in [-0.3, -0.25) is 0 Å². The lowest BCUT2D eigenvalue weighted by atomic mass is 10.0. The van der Waals surface area contributed by atoms with E-state index in [9.17, 15) is 5.21 Å². The Bertz CT molecular complexity index is 455. The number of hydroxylamine groups is 3. The van der Waals surface area contributed by atoms with Crippen molar-refractivity contribution in [1.29, 1.82) is 0 Å². The van der Waals surface area contributed by atoms with E-state index in [1.807, 2.05) is 14.1 Å². The smallest absolute Gasteiger partial charge is 0.108 e. The molecule has 5 N–H and O–H groups in total. The third kappa shape index (κ3) is 54.7. The fourth-order valence-corrected chi connectivity index (χ4v) is 5.67. The van der Waals surface area contributed by atoms with Gasteiger partial charge in [0.1, 0.15) is 6.54 Å². The fraction of sp³-hybridized carbons (Fsp3) is 1.00. The Morgan fingerprint density at radius 3 is 0.791 bits per heavy atom. The Kier molecular flexibility index (Phi) is 48.3. The lowest BCUT2D eigenvalue weighted by Gasteiger charge is -2.18. The Hall–Kier alpha value is -0.200. The van der Waals surface area contributed by atoms with Gasteiger partial charge in [0.2, 0.25) is 0 Å². The maximum atomic E-state index is 9.56. The second-order valence-electron chi connectivity index (χ2n) is 14.0. The lowest BCUT2D eigenvalue weighted by molar-refractivity contribution is -1.07. The van der Waals surface area contributed by atoms with E-state index in [4.69, 9.17) is 0 Å². The molecule has 0 spiro atoms. The van der Waals surface area contributed by atoms with Crippen LogP contribution in [-0.2, 0) is 0 Å². The SMILES string of the molecule is CCCCCCCCCCCCCCCCCN(C)C.CCCCCCCCCCCCCCCCC[N+](C)(C)O.O.O. The zero-order valence-electron chi connectivity index (χ0n) is 31.0. The van der Waals surface area contributed by atoms with Crippen molar-refractivity contribution >= 4 is 0 Å². The highest BCUT2D eigenvalue weighted by Crippen LogP contribution is 2.15. The van der Waals surface area contributed by atoms with Crippen LogP contribution in [0.1, 0.15) is 206 Å². The Morgan fingerprint density at radius 1 is 0.372 bits per heavy atom. The summed E-state index contributed by atoms with van der Waals surface area (Å²) < 4.78 is 0.123. The minimum absolute atomic E-state index is 0. The molecule has 0 aliphatic rings. The lowest BCUT2D eigenvalue weighted by Crippen LogP contribution is -2.36. The maximum absolute atomic E-state index is 9.56. The van der Waals surface area contributed by atoms with Gasteiger partial charge < -0.3 is 15.9 Å². The highest BCUT2D eigenvalue weighted by atomic mass is 16.5. The number of rotatable bonds is 32. The maximum Gasteiger partial charge on any atom is 0.108 e.